The lowest BCUT2D eigenvalue weighted by atomic mass is 9.78. The number of methoxy groups -OCH3 is 2. The maximum absolute atomic E-state index is 16.7. The van der Waals surface area contributed by atoms with Crippen LogP contribution in [-0.4, -0.2) is 195 Å². The lowest BCUT2D eigenvalue weighted by Gasteiger charge is -2.47. The van der Waals surface area contributed by atoms with Crippen molar-refractivity contribution in [3.8, 4) is 16.9 Å². The van der Waals surface area contributed by atoms with Crippen LogP contribution in [0.1, 0.15) is 175 Å². The number of hydrogen-bond acceptors (Lipinski definition) is 19. The average Bonchev–Trinajstić information content (AvgIpc) is 0.761. The first-order chi connectivity index (χ1) is 48.7. The van der Waals surface area contributed by atoms with Gasteiger partial charge in [-0.15, -0.1) is 0 Å². The predicted molar refractivity (Wildman–Crippen MR) is 381 cm³/mol. The van der Waals surface area contributed by atoms with Crippen LogP contribution < -0.4 is 10.2 Å². The van der Waals surface area contributed by atoms with Gasteiger partial charge in [0.1, 0.15) is 58.5 Å². The summed E-state index contributed by atoms with van der Waals surface area (Å²) in [7, 11) is 2.99. The number of nitrogens with zero attached hydrogens (tertiary/aromatic N) is 5. The van der Waals surface area contributed by atoms with Gasteiger partial charge in [-0.1, -0.05) is 82.0 Å². The van der Waals surface area contributed by atoms with Crippen LogP contribution in [0.3, 0.4) is 0 Å². The Morgan fingerprint density at radius 2 is 1.56 bits per heavy atom. The number of amides is 3. The number of ketones is 3. The molecular formula is C77H107ClF2N6O16. The SMILES string of the molecule is C=CC(=O)N1CCN(c2nc(CCCC(=O)CCCCCCCNC(=O)CCC[C@@H]3/C=C(\C)C[C@H](C)C[C@H](OC)[C@H]4O[C@@](O)(C(=O)C(=O)N5CCCC[C@H]5C(=O)O[C@H](/C(C)=C/[C@@H]5CC[C@@H](O)[C@H](CO)C5)[C@H](C)[C@@H](O)CC3=O)[C@H](C)C[C@@H]4OC)nc3c(F)c(-c4c(O)cccc4F)c(Cl)cc23)CC1. The number of Topliss-reactive ketones (excluding diaryl/α,β-unsaturated/α-hetero) is 3. The molecular weight excluding hydrogens is 1340 g/mol. The fourth-order valence-electron chi connectivity index (χ4n) is 15.6. The molecule has 0 radical (unpaired) electrons. The zero-order valence-corrected chi connectivity index (χ0v) is 61.1. The Morgan fingerprint density at radius 3 is 2.26 bits per heavy atom. The molecule has 3 saturated heterocycles. The van der Waals surface area contributed by atoms with E-state index in [4.69, 9.17) is 35.5 Å². The average molecular weight is 1450 g/mol. The third-order valence-corrected chi connectivity index (χ3v) is 21.8. The molecule has 8 rings (SSSR count). The van der Waals surface area contributed by atoms with Crippen LogP contribution in [0.4, 0.5) is 14.6 Å². The van der Waals surface area contributed by atoms with Gasteiger partial charge >= 0.3 is 5.97 Å². The summed E-state index contributed by atoms with van der Waals surface area (Å²) < 4.78 is 56.4. The molecule has 14 atom stereocenters. The van der Waals surface area contributed by atoms with Gasteiger partial charge in [-0.25, -0.2) is 23.5 Å². The highest BCUT2D eigenvalue weighted by atomic mass is 35.5. The highest BCUT2D eigenvalue weighted by Crippen LogP contribution is 2.44. The first kappa shape index (κ1) is 81.0. The number of aromatic nitrogens is 2. The highest BCUT2D eigenvalue weighted by molar-refractivity contribution is 6.39. The van der Waals surface area contributed by atoms with Crippen molar-refractivity contribution in [3.05, 3.63) is 82.7 Å². The highest BCUT2D eigenvalue weighted by Gasteiger charge is 2.57. The van der Waals surface area contributed by atoms with Gasteiger partial charge in [-0.05, 0) is 145 Å². The molecule has 1 aliphatic carbocycles. The Hall–Kier alpha value is -6.64. The van der Waals surface area contributed by atoms with Crippen LogP contribution in [0, 0.1) is 47.1 Å². The van der Waals surface area contributed by atoms with E-state index in [9.17, 15) is 59.1 Å². The summed E-state index contributed by atoms with van der Waals surface area (Å²) >= 11 is 6.64. The summed E-state index contributed by atoms with van der Waals surface area (Å²) in [6.07, 6.45) is 8.66. The number of ether oxygens (including phenoxy) is 4. The number of unbranched alkanes of at least 4 members (excludes halogenated alkanes) is 4. The summed E-state index contributed by atoms with van der Waals surface area (Å²) in [4.78, 5) is 111. The molecule has 3 aromatic rings. The van der Waals surface area contributed by atoms with Crippen LogP contribution in [0.15, 0.2) is 60.2 Å². The van der Waals surface area contributed by atoms with Crippen LogP contribution in [0.2, 0.25) is 5.02 Å². The number of cyclic esters (lactones) is 1. The minimum absolute atomic E-state index is 0.0207. The number of aromatic hydroxyl groups is 1. The molecule has 0 spiro atoms. The number of benzene rings is 2. The number of fused-ring (bicyclic) bond motifs is 4. The second kappa shape index (κ2) is 37.9. The second-order valence-corrected chi connectivity index (χ2v) is 29.5. The van der Waals surface area contributed by atoms with Gasteiger partial charge in [-0.2, -0.15) is 0 Å². The molecule has 25 heteroatoms. The van der Waals surface area contributed by atoms with Crippen molar-refractivity contribution in [1.82, 2.24) is 25.1 Å². The third kappa shape index (κ3) is 20.4. The summed E-state index contributed by atoms with van der Waals surface area (Å²) in [5, 5.41) is 58.8. The number of rotatable bonds is 24. The topological polar surface area (TPSA) is 305 Å². The summed E-state index contributed by atoms with van der Waals surface area (Å²) in [6, 6.07) is 3.85. The van der Waals surface area contributed by atoms with E-state index in [-0.39, 0.29) is 127 Å². The zero-order chi connectivity index (χ0) is 74.1. The van der Waals surface area contributed by atoms with E-state index < -0.39 is 107 Å². The van der Waals surface area contributed by atoms with E-state index >= 15 is 8.78 Å². The Morgan fingerprint density at radius 1 is 0.853 bits per heavy atom. The lowest BCUT2D eigenvalue weighted by Crippen LogP contribution is -2.64. The number of carbonyl (C=O) groups excluding carboxylic acids is 7. The van der Waals surface area contributed by atoms with E-state index in [0.717, 1.165) is 35.8 Å². The molecule has 2 aromatic carbocycles. The van der Waals surface area contributed by atoms with Gasteiger partial charge < -0.3 is 64.5 Å². The van der Waals surface area contributed by atoms with Crippen molar-refractivity contribution in [2.75, 3.05) is 65.0 Å². The number of carbonyl (C=O) groups is 7. The molecule has 1 saturated carbocycles. The van der Waals surface area contributed by atoms with E-state index in [0.29, 0.717) is 121 Å². The number of piperazine rings is 1. The van der Waals surface area contributed by atoms with Gasteiger partial charge in [0.05, 0.1) is 35.0 Å². The number of aliphatic hydroxyl groups is 4. The van der Waals surface area contributed by atoms with E-state index in [2.05, 4.69) is 16.9 Å². The molecule has 5 aliphatic rings. The summed E-state index contributed by atoms with van der Waals surface area (Å²) in [6.45, 7) is 14.2. The predicted octanol–water partition coefficient (Wildman–Crippen LogP) is 9.96. The molecule has 5 heterocycles. The minimum atomic E-state index is -2.60. The molecule has 3 amide bonds. The van der Waals surface area contributed by atoms with Gasteiger partial charge in [-0.3, -0.25) is 28.8 Å². The number of piperidine rings is 1. The summed E-state index contributed by atoms with van der Waals surface area (Å²) in [5.74, 6) is -11.1. The number of allylic oxidation sites excluding steroid dienone is 3. The number of hydrogen-bond donors (Lipinski definition) is 6. The fourth-order valence-corrected chi connectivity index (χ4v) is 15.8. The van der Waals surface area contributed by atoms with Crippen molar-refractivity contribution in [1.29, 1.82) is 0 Å². The smallest absolute Gasteiger partial charge is 0.329 e. The van der Waals surface area contributed by atoms with Crippen LogP contribution in [-0.2, 0) is 58.9 Å². The Labute approximate surface area is 603 Å². The number of phenolic OH excluding ortho intramolecular Hbond substituents is 1. The Bertz CT molecular complexity index is 3490. The second-order valence-electron chi connectivity index (χ2n) is 29.1. The molecule has 102 heavy (non-hydrogen) atoms. The third-order valence-electron chi connectivity index (χ3n) is 21.5. The van der Waals surface area contributed by atoms with Crippen molar-refractivity contribution < 1.29 is 86.8 Å². The van der Waals surface area contributed by atoms with Crippen molar-refractivity contribution in [2.45, 2.75) is 224 Å². The quantitative estimate of drug-likeness (QED) is 0.0160. The van der Waals surface area contributed by atoms with Gasteiger partial charge in [0.15, 0.2) is 5.82 Å². The minimum Gasteiger partial charge on any atom is -0.507 e. The molecule has 6 N–H and O–H groups in total. The molecule has 1 aromatic heterocycles. The summed E-state index contributed by atoms with van der Waals surface area (Å²) in [5.41, 5.74) is 0.555. The molecule has 4 aliphatic heterocycles. The maximum Gasteiger partial charge on any atom is 0.329 e. The Kier molecular flexibility index (Phi) is 30.1. The molecule has 22 nitrogen and oxygen atoms in total. The molecule has 0 unspecified atom stereocenters. The normalized spacial score (nSPS) is 29.0. The Balaban J connectivity index is 0.867. The molecule has 562 valence electrons. The van der Waals surface area contributed by atoms with Crippen LogP contribution >= 0.6 is 11.6 Å². The maximum atomic E-state index is 16.7. The number of aryl methyl sites for hydroxylation is 1. The van der Waals surface area contributed by atoms with Crippen molar-refractivity contribution >= 4 is 69.4 Å². The largest absolute Gasteiger partial charge is 0.507 e. The first-order valence-corrected chi connectivity index (χ1v) is 37.1. The number of aliphatic hydroxyl groups excluding tert-OH is 3. The van der Waals surface area contributed by atoms with Crippen LogP contribution in [0.25, 0.3) is 22.0 Å². The van der Waals surface area contributed by atoms with Crippen LogP contribution in [0.5, 0.6) is 5.75 Å². The van der Waals surface area contributed by atoms with Gasteiger partial charge in [0.25, 0.3) is 11.7 Å². The van der Waals surface area contributed by atoms with E-state index in [1.165, 1.54) is 38.5 Å². The van der Waals surface area contributed by atoms with Gasteiger partial charge in [0, 0.05) is 127 Å². The standard InChI is InChI=1S/C77H107ClF2N6O16/c1-9-66(94)84-32-34-85(35-33-84)74-54-42-55(78)67(68-56(79)23-19-25-59(68)90)69(80)70(54)82-64(83-74)26-18-22-53(88)21-13-11-10-12-15-30-81-65(93)27-17-20-51-37-45(2)36-46(3)38-62(99-7)72-63(100-8)40-48(5)77(98,102-72)73(95)75(96)86-31-16-14-24-57(86)76(97)101-71(49(6)60(91)43-61(51)92)47(4)39-50-28-29-58(89)52(41-50)44-87/h9,19,23,25,37,39,42,46,48-52,57-58,60,62-63,71-72,87,89-91,98H,1,10-18,20-22,24,26-36,38,40-41,43-44H2,2-8H3,(H,81,93)/b45-37+,47-39+/t46-,48+,49+,50-,51+,52-,57-,58+,60-,62-,63-,71+,72+,77+/m0/s1. The first-order valence-electron chi connectivity index (χ1n) is 36.7. The lowest BCUT2D eigenvalue weighted by molar-refractivity contribution is -0.302. The number of esters is 1. The van der Waals surface area contributed by atoms with E-state index in [1.807, 2.05) is 30.9 Å². The van der Waals surface area contributed by atoms with E-state index in [1.54, 1.807) is 25.7 Å². The fraction of sp³-hybridized carbons (Fsp3) is 0.649. The molecule has 2 bridgehead atoms. The number of nitrogens with one attached hydrogen (secondary N) is 1. The molecule has 4 fully saturated rings. The number of halogens is 3. The number of anilines is 1. The van der Waals surface area contributed by atoms with Crippen molar-refractivity contribution in [2.24, 2.45) is 35.5 Å². The monoisotopic (exact) mass is 1440 g/mol. The zero-order valence-electron chi connectivity index (χ0n) is 60.4. The number of phenols is 1. The van der Waals surface area contributed by atoms with Crippen molar-refractivity contribution in [3.63, 3.8) is 0 Å². The van der Waals surface area contributed by atoms with Gasteiger partial charge in [0.2, 0.25) is 17.6 Å².